The van der Waals surface area contributed by atoms with Gasteiger partial charge in [-0.25, -0.2) is 14.8 Å². The Hall–Kier alpha value is -3.23. The van der Waals surface area contributed by atoms with Gasteiger partial charge in [-0.2, -0.15) is 0 Å². The van der Waals surface area contributed by atoms with Crippen LogP contribution < -0.4 is 5.56 Å². The minimum absolute atomic E-state index is 0.102. The molecule has 0 atom stereocenters. The van der Waals surface area contributed by atoms with Gasteiger partial charge in [-0.15, -0.1) is 11.3 Å². The van der Waals surface area contributed by atoms with Crippen molar-refractivity contribution in [2.24, 2.45) is 0 Å². The van der Waals surface area contributed by atoms with Crippen LogP contribution in [0.1, 0.15) is 22.6 Å². The van der Waals surface area contributed by atoms with Crippen LogP contribution in [0.15, 0.2) is 52.9 Å². The normalized spacial score (nSPS) is 11.4. The highest BCUT2D eigenvalue weighted by Gasteiger charge is 2.11. The van der Waals surface area contributed by atoms with Crippen LogP contribution in [0.4, 0.5) is 0 Å². The molecule has 0 bridgehead atoms. The molecule has 9 heteroatoms. The molecule has 4 rings (SSSR count). The fraction of sp³-hybridized carbons (Fsp3) is 0.143. The van der Waals surface area contributed by atoms with Gasteiger partial charge in [0.1, 0.15) is 12.3 Å². The Bertz CT molecular complexity index is 1320. The lowest BCUT2D eigenvalue weighted by atomic mass is 10.2. The van der Waals surface area contributed by atoms with Crippen LogP contribution in [0.3, 0.4) is 0 Å². The highest BCUT2D eigenvalue weighted by Crippen LogP contribution is 2.23. The smallest absolute Gasteiger partial charge is 0.331 e. The second-order valence-corrected chi connectivity index (χ2v) is 7.89. The SMILES string of the molecule is Cc1cc(/C=C/C(=O)OCc2cc(=O)n3cc(Cl)ccc3n2)c(C)n1-c1nccs1. The van der Waals surface area contributed by atoms with Gasteiger partial charge in [-0.05, 0) is 43.7 Å². The van der Waals surface area contributed by atoms with Gasteiger partial charge < -0.3 is 4.74 Å². The van der Waals surface area contributed by atoms with Crippen molar-refractivity contribution in [3.63, 3.8) is 0 Å². The number of fused-ring (bicyclic) bond motifs is 1. The largest absolute Gasteiger partial charge is 0.456 e. The van der Waals surface area contributed by atoms with Crippen molar-refractivity contribution in [1.82, 2.24) is 18.9 Å². The number of carbonyl (C=O) groups is 1. The molecule has 0 N–H and O–H groups in total. The maximum atomic E-state index is 12.2. The van der Waals surface area contributed by atoms with E-state index >= 15 is 0 Å². The molecule has 4 aromatic heterocycles. The Morgan fingerprint density at radius 1 is 1.30 bits per heavy atom. The first-order valence-electron chi connectivity index (χ1n) is 9.04. The Balaban J connectivity index is 1.46. The zero-order valence-corrected chi connectivity index (χ0v) is 17.8. The molecule has 0 aliphatic rings. The minimum Gasteiger partial charge on any atom is -0.456 e. The van der Waals surface area contributed by atoms with Crippen molar-refractivity contribution in [2.75, 3.05) is 0 Å². The fourth-order valence-electron chi connectivity index (χ4n) is 3.13. The van der Waals surface area contributed by atoms with Gasteiger partial charge in [0.2, 0.25) is 0 Å². The van der Waals surface area contributed by atoms with Crippen LogP contribution in [-0.2, 0) is 16.1 Å². The van der Waals surface area contributed by atoms with Crippen LogP contribution in [0.2, 0.25) is 5.02 Å². The number of rotatable bonds is 5. The Labute approximate surface area is 180 Å². The molecule has 0 amide bonds. The molecule has 30 heavy (non-hydrogen) atoms. The number of aromatic nitrogens is 4. The molecule has 4 aromatic rings. The first-order valence-corrected chi connectivity index (χ1v) is 10.3. The molecule has 4 heterocycles. The van der Waals surface area contributed by atoms with Gasteiger partial charge in [-0.1, -0.05) is 11.6 Å². The third-order valence-corrected chi connectivity index (χ3v) is 5.50. The summed E-state index contributed by atoms with van der Waals surface area (Å²) in [6.07, 6.45) is 6.32. The van der Waals surface area contributed by atoms with E-state index in [9.17, 15) is 9.59 Å². The van der Waals surface area contributed by atoms with E-state index in [0.29, 0.717) is 16.4 Å². The van der Waals surface area contributed by atoms with E-state index in [4.69, 9.17) is 16.3 Å². The van der Waals surface area contributed by atoms with E-state index < -0.39 is 5.97 Å². The molecule has 0 aromatic carbocycles. The van der Waals surface area contributed by atoms with Gasteiger partial charge >= 0.3 is 5.97 Å². The number of halogens is 1. The summed E-state index contributed by atoms with van der Waals surface area (Å²) in [4.78, 5) is 33.0. The summed E-state index contributed by atoms with van der Waals surface area (Å²) in [7, 11) is 0. The molecule has 0 unspecified atom stereocenters. The van der Waals surface area contributed by atoms with Crippen molar-refractivity contribution in [1.29, 1.82) is 0 Å². The topological polar surface area (TPSA) is 78.5 Å². The Morgan fingerprint density at radius 3 is 2.90 bits per heavy atom. The quantitative estimate of drug-likeness (QED) is 0.346. The van der Waals surface area contributed by atoms with Crippen LogP contribution in [-0.4, -0.2) is 24.9 Å². The summed E-state index contributed by atoms with van der Waals surface area (Å²) < 4.78 is 8.62. The predicted molar refractivity (Wildman–Crippen MR) is 116 cm³/mol. The number of aryl methyl sites for hydroxylation is 1. The molecule has 0 aliphatic carbocycles. The van der Waals surface area contributed by atoms with E-state index in [1.54, 1.807) is 35.7 Å². The van der Waals surface area contributed by atoms with Crippen molar-refractivity contribution in [3.05, 3.63) is 86.1 Å². The number of nitrogens with zero attached hydrogens (tertiary/aromatic N) is 4. The second kappa shape index (κ2) is 8.25. The number of ether oxygens (including phenoxy) is 1. The fourth-order valence-corrected chi connectivity index (χ4v) is 4.04. The first kappa shape index (κ1) is 20.1. The maximum Gasteiger partial charge on any atom is 0.331 e. The molecule has 152 valence electrons. The molecule has 7 nitrogen and oxygen atoms in total. The third-order valence-electron chi connectivity index (χ3n) is 4.52. The first-order chi connectivity index (χ1) is 14.4. The molecule has 0 saturated heterocycles. The zero-order valence-electron chi connectivity index (χ0n) is 16.2. The molecular formula is C21H17ClN4O3S. The molecule has 0 aliphatic heterocycles. The summed E-state index contributed by atoms with van der Waals surface area (Å²) in [6.45, 7) is 3.86. The average molecular weight is 441 g/mol. The lowest BCUT2D eigenvalue weighted by molar-refractivity contribution is -0.139. The van der Waals surface area contributed by atoms with Crippen molar-refractivity contribution < 1.29 is 9.53 Å². The monoisotopic (exact) mass is 440 g/mol. The number of hydrogen-bond donors (Lipinski definition) is 0. The number of esters is 1. The summed E-state index contributed by atoms with van der Waals surface area (Å²) in [5, 5.41) is 3.23. The standard InChI is InChI=1S/C21H17ClN4O3S/c1-13-9-15(14(2)26(13)21-23-7-8-30-21)3-6-20(28)29-12-17-10-19(27)25-11-16(22)4-5-18(25)24-17/h3-11H,12H2,1-2H3/b6-3+. The Morgan fingerprint density at radius 2 is 2.13 bits per heavy atom. The molecule has 0 radical (unpaired) electrons. The predicted octanol–water partition coefficient (Wildman–Crippen LogP) is 3.97. The average Bonchev–Trinajstić information content (AvgIpc) is 3.33. The van der Waals surface area contributed by atoms with Crippen LogP contribution in [0.25, 0.3) is 16.9 Å². The van der Waals surface area contributed by atoms with Gasteiger partial charge in [0.15, 0.2) is 5.13 Å². The molecular weight excluding hydrogens is 424 g/mol. The van der Waals surface area contributed by atoms with Crippen molar-refractivity contribution in [3.8, 4) is 5.13 Å². The number of hydrogen-bond acceptors (Lipinski definition) is 6. The number of carbonyl (C=O) groups excluding carboxylic acids is 1. The highest BCUT2D eigenvalue weighted by atomic mass is 35.5. The lowest BCUT2D eigenvalue weighted by Gasteiger charge is -2.05. The Kier molecular flexibility index (Phi) is 5.52. The van der Waals surface area contributed by atoms with E-state index in [0.717, 1.165) is 22.1 Å². The molecule has 0 fully saturated rings. The lowest BCUT2D eigenvalue weighted by Crippen LogP contribution is -2.16. The summed E-state index contributed by atoms with van der Waals surface area (Å²) >= 11 is 7.45. The van der Waals surface area contributed by atoms with Gasteiger partial charge in [0.25, 0.3) is 5.56 Å². The number of thiazole rings is 1. The minimum atomic E-state index is -0.521. The van der Waals surface area contributed by atoms with Crippen molar-refractivity contribution in [2.45, 2.75) is 20.5 Å². The molecule has 0 saturated carbocycles. The van der Waals surface area contributed by atoms with Crippen LogP contribution >= 0.6 is 22.9 Å². The van der Waals surface area contributed by atoms with Gasteiger partial charge in [-0.3, -0.25) is 13.8 Å². The molecule has 0 spiro atoms. The maximum absolute atomic E-state index is 12.2. The number of pyridine rings is 1. The van der Waals surface area contributed by atoms with E-state index in [-0.39, 0.29) is 12.2 Å². The van der Waals surface area contributed by atoms with E-state index in [2.05, 4.69) is 9.97 Å². The van der Waals surface area contributed by atoms with Gasteiger partial charge in [0, 0.05) is 41.3 Å². The van der Waals surface area contributed by atoms with Crippen LogP contribution in [0.5, 0.6) is 0 Å². The zero-order chi connectivity index (χ0) is 21.3. The second-order valence-electron chi connectivity index (χ2n) is 6.58. The third kappa shape index (κ3) is 4.05. The summed E-state index contributed by atoms with van der Waals surface area (Å²) in [6, 6.07) is 6.58. The summed E-state index contributed by atoms with van der Waals surface area (Å²) in [5.74, 6) is -0.521. The van der Waals surface area contributed by atoms with Gasteiger partial charge in [0.05, 0.1) is 10.7 Å². The van der Waals surface area contributed by atoms with E-state index in [1.807, 2.05) is 29.9 Å². The highest BCUT2D eigenvalue weighted by molar-refractivity contribution is 7.12. The van der Waals surface area contributed by atoms with Crippen LogP contribution in [0, 0.1) is 13.8 Å². The van der Waals surface area contributed by atoms with Crippen molar-refractivity contribution >= 4 is 40.6 Å². The summed E-state index contributed by atoms with van der Waals surface area (Å²) in [5.41, 5.74) is 3.41. The van der Waals surface area contributed by atoms with E-state index in [1.165, 1.54) is 22.7 Å².